The number of likely N-dealkylation sites (tertiary alicyclic amines) is 2. The van der Waals surface area contributed by atoms with Crippen molar-refractivity contribution in [2.75, 3.05) is 39.5 Å². The molecular weight excluding hydrogens is 412 g/mol. The van der Waals surface area contributed by atoms with E-state index in [1.165, 1.54) is 0 Å². The lowest BCUT2D eigenvalue weighted by Gasteiger charge is -2.43. The molecule has 8 nitrogen and oxygen atoms in total. The number of aliphatic hydroxyl groups is 2. The molecular formula is C24H32N2O6. The molecule has 0 spiro atoms. The van der Waals surface area contributed by atoms with E-state index in [2.05, 4.69) is 0 Å². The van der Waals surface area contributed by atoms with Gasteiger partial charge in [0, 0.05) is 37.7 Å². The summed E-state index contributed by atoms with van der Waals surface area (Å²) in [5.41, 5.74) is 1.70. The molecule has 4 aliphatic heterocycles. The summed E-state index contributed by atoms with van der Waals surface area (Å²) in [5, 5.41) is 19.6. The van der Waals surface area contributed by atoms with Crippen molar-refractivity contribution in [3.8, 4) is 5.75 Å². The molecule has 1 aromatic carbocycles. The van der Waals surface area contributed by atoms with E-state index in [1.807, 2.05) is 23.1 Å². The number of fused-ring (bicyclic) bond motifs is 2. The highest BCUT2D eigenvalue weighted by Gasteiger charge is 2.46. The van der Waals surface area contributed by atoms with E-state index < -0.39 is 6.10 Å². The number of amides is 2. The molecule has 0 radical (unpaired) electrons. The lowest BCUT2D eigenvalue weighted by Crippen LogP contribution is -2.57. The average molecular weight is 445 g/mol. The Hall–Kier alpha value is -2.16. The maximum atomic E-state index is 13.6. The van der Waals surface area contributed by atoms with Crippen molar-refractivity contribution in [1.29, 1.82) is 0 Å². The smallest absolute Gasteiger partial charge is 0.254 e. The summed E-state index contributed by atoms with van der Waals surface area (Å²) < 4.78 is 11.6. The van der Waals surface area contributed by atoms with Crippen molar-refractivity contribution in [3.63, 3.8) is 0 Å². The minimum absolute atomic E-state index is 0.00722. The summed E-state index contributed by atoms with van der Waals surface area (Å²) in [6.45, 7) is 2.36. The van der Waals surface area contributed by atoms with Gasteiger partial charge in [0.15, 0.2) is 0 Å². The molecule has 4 aliphatic rings. The molecule has 1 aromatic rings. The molecule has 3 unspecified atom stereocenters. The Kier molecular flexibility index (Phi) is 6.09. The fraction of sp³-hybridized carbons (Fsp3) is 0.667. The van der Waals surface area contributed by atoms with Gasteiger partial charge >= 0.3 is 0 Å². The Morgan fingerprint density at radius 3 is 2.88 bits per heavy atom. The predicted molar refractivity (Wildman–Crippen MR) is 115 cm³/mol. The molecule has 4 heterocycles. The van der Waals surface area contributed by atoms with Gasteiger partial charge < -0.3 is 29.5 Å². The first-order valence-corrected chi connectivity index (χ1v) is 11.8. The van der Waals surface area contributed by atoms with Gasteiger partial charge in [0.1, 0.15) is 5.75 Å². The van der Waals surface area contributed by atoms with E-state index in [0.29, 0.717) is 51.3 Å². The van der Waals surface area contributed by atoms with Crippen LogP contribution < -0.4 is 4.74 Å². The number of aliphatic hydroxyl groups excluding tert-OH is 2. The number of piperidine rings is 2. The Bertz CT molecular complexity index is 876. The first kappa shape index (κ1) is 21.7. The molecule has 0 aromatic heterocycles. The van der Waals surface area contributed by atoms with Crippen molar-refractivity contribution in [2.24, 2.45) is 11.8 Å². The molecule has 32 heavy (non-hydrogen) atoms. The van der Waals surface area contributed by atoms with Gasteiger partial charge in [-0.15, -0.1) is 0 Å². The Labute approximate surface area is 188 Å². The van der Waals surface area contributed by atoms with Crippen molar-refractivity contribution in [1.82, 2.24) is 9.80 Å². The zero-order chi connectivity index (χ0) is 22.2. The van der Waals surface area contributed by atoms with E-state index in [4.69, 9.17) is 9.47 Å². The number of rotatable bonds is 3. The van der Waals surface area contributed by atoms with Crippen LogP contribution in [0.1, 0.15) is 41.6 Å². The van der Waals surface area contributed by atoms with Crippen LogP contribution in [0, 0.1) is 11.8 Å². The maximum Gasteiger partial charge on any atom is 0.254 e. The minimum atomic E-state index is -0.580. The average Bonchev–Trinajstić information content (AvgIpc) is 3.31. The highest BCUT2D eigenvalue weighted by atomic mass is 16.5. The van der Waals surface area contributed by atoms with Gasteiger partial charge in [-0.2, -0.15) is 0 Å². The third-order valence-electron chi connectivity index (χ3n) is 7.51. The van der Waals surface area contributed by atoms with E-state index in [1.54, 1.807) is 4.90 Å². The predicted octanol–water partition coefficient (Wildman–Crippen LogP) is 0.833. The van der Waals surface area contributed by atoms with Crippen molar-refractivity contribution >= 4 is 11.8 Å². The standard InChI is InChI=1S/C24H32N2O6/c27-14-18-12-25(7-5-20(18)28)23(29)17-11-22-19(6-9-32-22)26(13-17)24(30)16-3-4-21-15(10-16)2-1-8-31-21/h3-4,10,17-20,22,27-28H,1-2,5-9,11-14H2/t17?,18?,19-,20?,22-/m0/s1. The summed E-state index contributed by atoms with van der Waals surface area (Å²) in [4.78, 5) is 30.5. The second-order valence-electron chi connectivity index (χ2n) is 9.51. The zero-order valence-corrected chi connectivity index (χ0v) is 18.3. The second kappa shape index (κ2) is 9.00. The largest absolute Gasteiger partial charge is 0.493 e. The molecule has 8 heteroatoms. The fourth-order valence-corrected chi connectivity index (χ4v) is 5.68. The van der Waals surface area contributed by atoms with Crippen LogP contribution in [0.25, 0.3) is 0 Å². The molecule has 2 N–H and O–H groups in total. The van der Waals surface area contributed by atoms with Crippen molar-refractivity contribution in [2.45, 2.75) is 50.4 Å². The summed E-state index contributed by atoms with van der Waals surface area (Å²) in [7, 11) is 0. The number of nitrogens with zero attached hydrogens (tertiary/aromatic N) is 2. The Morgan fingerprint density at radius 1 is 1.16 bits per heavy atom. The van der Waals surface area contributed by atoms with Gasteiger partial charge in [-0.25, -0.2) is 0 Å². The summed E-state index contributed by atoms with van der Waals surface area (Å²) in [5.74, 6) is 0.128. The highest BCUT2D eigenvalue weighted by molar-refractivity contribution is 5.95. The van der Waals surface area contributed by atoms with Crippen LogP contribution in [0.5, 0.6) is 5.75 Å². The number of carbonyl (C=O) groups is 2. The lowest BCUT2D eigenvalue weighted by molar-refractivity contribution is -0.143. The molecule has 0 saturated carbocycles. The quantitative estimate of drug-likeness (QED) is 0.717. The van der Waals surface area contributed by atoms with Gasteiger partial charge in [0.25, 0.3) is 5.91 Å². The Balaban J connectivity index is 1.34. The second-order valence-corrected chi connectivity index (χ2v) is 9.51. The molecule has 5 rings (SSSR count). The monoisotopic (exact) mass is 444 g/mol. The number of carbonyl (C=O) groups excluding carboxylic acids is 2. The summed E-state index contributed by atoms with van der Waals surface area (Å²) in [6.07, 6.45) is 2.99. The zero-order valence-electron chi connectivity index (χ0n) is 18.3. The number of aryl methyl sites for hydroxylation is 1. The van der Waals surface area contributed by atoms with Gasteiger partial charge in [-0.1, -0.05) is 0 Å². The van der Waals surface area contributed by atoms with Crippen LogP contribution in [0.3, 0.4) is 0 Å². The fourth-order valence-electron chi connectivity index (χ4n) is 5.68. The summed E-state index contributed by atoms with van der Waals surface area (Å²) in [6, 6.07) is 5.63. The molecule has 2 amide bonds. The van der Waals surface area contributed by atoms with E-state index >= 15 is 0 Å². The van der Waals surface area contributed by atoms with E-state index in [9.17, 15) is 19.8 Å². The van der Waals surface area contributed by atoms with Gasteiger partial charge in [-0.3, -0.25) is 9.59 Å². The van der Waals surface area contributed by atoms with Gasteiger partial charge in [0.05, 0.1) is 37.4 Å². The first-order valence-electron chi connectivity index (χ1n) is 11.8. The normalized spacial score (nSPS) is 32.1. The maximum absolute atomic E-state index is 13.6. The SMILES string of the molecule is O=C(C1C[C@@H]2OCC[C@@H]2N(C(=O)c2ccc3c(c2)CCCO3)C1)N1CCC(O)C(CO)C1. The number of hydrogen-bond acceptors (Lipinski definition) is 6. The minimum Gasteiger partial charge on any atom is -0.493 e. The van der Waals surface area contributed by atoms with Crippen LogP contribution >= 0.6 is 0 Å². The lowest BCUT2D eigenvalue weighted by atomic mass is 9.87. The van der Waals surface area contributed by atoms with E-state index in [-0.39, 0.29) is 42.4 Å². The van der Waals surface area contributed by atoms with Gasteiger partial charge in [0.2, 0.25) is 5.91 Å². The van der Waals surface area contributed by atoms with E-state index in [0.717, 1.165) is 30.6 Å². The third-order valence-corrected chi connectivity index (χ3v) is 7.51. The molecule has 3 saturated heterocycles. The van der Waals surface area contributed by atoms with Crippen LogP contribution in [0.4, 0.5) is 0 Å². The highest BCUT2D eigenvalue weighted by Crippen LogP contribution is 2.35. The van der Waals surface area contributed by atoms with Crippen LogP contribution in [-0.4, -0.2) is 89.5 Å². The number of ether oxygens (including phenoxy) is 2. The molecule has 0 aliphatic carbocycles. The molecule has 0 bridgehead atoms. The molecule has 5 atom stereocenters. The number of benzene rings is 1. The summed E-state index contributed by atoms with van der Waals surface area (Å²) >= 11 is 0. The van der Waals surface area contributed by atoms with Crippen molar-refractivity contribution in [3.05, 3.63) is 29.3 Å². The topological polar surface area (TPSA) is 99.5 Å². The van der Waals surface area contributed by atoms with Crippen LogP contribution in [0.15, 0.2) is 18.2 Å². The van der Waals surface area contributed by atoms with Gasteiger partial charge in [-0.05, 0) is 55.9 Å². The van der Waals surface area contributed by atoms with Crippen LogP contribution in [-0.2, 0) is 16.0 Å². The Morgan fingerprint density at radius 2 is 2.03 bits per heavy atom. The number of hydrogen-bond donors (Lipinski definition) is 2. The third kappa shape index (κ3) is 4.00. The van der Waals surface area contributed by atoms with Crippen molar-refractivity contribution < 1.29 is 29.3 Å². The molecule has 3 fully saturated rings. The first-order chi connectivity index (χ1) is 15.5. The van der Waals surface area contributed by atoms with Crippen LogP contribution in [0.2, 0.25) is 0 Å². The molecule has 174 valence electrons.